The molecule has 4 nitrogen and oxygen atoms in total. The van der Waals surface area contributed by atoms with Crippen LogP contribution in [0.4, 0.5) is 5.69 Å². The third kappa shape index (κ3) is 2.82. The minimum atomic E-state index is -0.455. The van der Waals surface area contributed by atoms with Crippen LogP contribution in [-0.2, 0) is 4.79 Å². The fourth-order valence-electron chi connectivity index (χ4n) is 1.49. The van der Waals surface area contributed by atoms with Gasteiger partial charge in [-0.15, -0.1) is 11.3 Å². The summed E-state index contributed by atoms with van der Waals surface area (Å²) in [5, 5.41) is 2.82. The average molecular weight is 281 g/mol. The Hall–Kier alpha value is -1.11. The van der Waals surface area contributed by atoms with Gasteiger partial charge in [0, 0.05) is 5.69 Å². The van der Waals surface area contributed by atoms with Gasteiger partial charge in [0.25, 0.3) is 0 Å². The van der Waals surface area contributed by atoms with Gasteiger partial charge in [0.2, 0.25) is 5.91 Å². The van der Waals surface area contributed by atoms with Crippen molar-refractivity contribution in [3.05, 3.63) is 18.2 Å². The maximum absolute atomic E-state index is 11.7. The summed E-state index contributed by atoms with van der Waals surface area (Å²) in [4.78, 5) is 16.1. The van der Waals surface area contributed by atoms with Crippen LogP contribution in [0.2, 0.25) is 0 Å². The topological polar surface area (TPSA) is 68.0 Å². The second-order valence-corrected chi connectivity index (χ2v) is 5.95. The number of carbonyl (C=O) groups is 1. The van der Waals surface area contributed by atoms with Gasteiger partial charge in [0.1, 0.15) is 0 Å². The quantitative estimate of drug-likeness (QED) is 0.846. The predicted octanol–water partition coefficient (Wildman–Crippen LogP) is 2.69. The first-order valence-corrected chi connectivity index (χ1v) is 7.69. The van der Waals surface area contributed by atoms with E-state index in [0.717, 1.165) is 20.2 Å². The Morgan fingerprint density at radius 2 is 2.39 bits per heavy atom. The number of hydrogen-bond donors (Lipinski definition) is 2. The third-order valence-electron chi connectivity index (χ3n) is 2.59. The molecule has 3 N–H and O–H groups in total. The smallest absolute Gasteiger partial charge is 0.241 e. The van der Waals surface area contributed by atoms with Crippen molar-refractivity contribution >= 4 is 44.9 Å². The van der Waals surface area contributed by atoms with Crippen LogP contribution in [0, 0.1) is 0 Å². The molecule has 0 saturated heterocycles. The number of rotatable bonds is 4. The maximum Gasteiger partial charge on any atom is 0.241 e. The number of fused-ring (bicyclic) bond motifs is 1. The number of thiazole rings is 1. The third-order valence-corrected chi connectivity index (χ3v) is 4.59. The van der Waals surface area contributed by atoms with Gasteiger partial charge < -0.3 is 11.1 Å². The molecule has 1 aromatic heterocycles. The van der Waals surface area contributed by atoms with Crippen molar-refractivity contribution in [1.82, 2.24) is 4.98 Å². The molecular weight excluding hydrogens is 266 g/mol. The molecule has 0 fully saturated rings. The van der Waals surface area contributed by atoms with E-state index in [0.29, 0.717) is 6.42 Å². The first-order valence-electron chi connectivity index (χ1n) is 5.65. The molecule has 96 valence electrons. The molecule has 1 atom stereocenters. The van der Waals surface area contributed by atoms with Crippen LogP contribution in [0.1, 0.15) is 13.3 Å². The number of anilines is 1. The van der Waals surface area contributed by atoms with Gasteiger partial charge in [0.15, 0.2) is 4.34 Å². The Morgan fingerprint density at radius 1 is 1.61 bits per heavy atom. The molecule has 0 bridgehead atoms. The van der Waals surface area contributed by atoms with Gasteiger partial charge in [-0.3, -0.25) is 4.79 Å². The van der Waals surface area contributed by atoms with Crippen LogP contribution in [0.15, 0.2) is 22.5 Å². The average Bonchev–Trinajstić information content (AvgIpc) is 2.79. The lowest BCUT2D eigenvalue weighted by atomic mass is 10.2. The highest BCUT2D eigenvalue weighted by Gasteiger charge is 2.11. The second-order valence-electron chi connectivity index (χ2n) is 3.87. The van der Waals surface area contributed by atoms with Crippen molar-refractivity contribution in [2.75, 3.05) is 11.6 Å². The van der Waals surface area contributed by atoms with Crippen LogP contribution >= 0.6 is 23.1 Å². The first kappa shape index (κ1) is 13.3. The van der Waals surface area contributed by atoms with E-state index < -0.39 is 6.04 Å². The Morgan fingerprint density at radius 3 is 3.06 bits per heavy atom. The number of nitrogens with zero attached hydrogens (tertiary/aromatic N) is 1. The largest absolute Gasteiger partial charge is 0.325 e. The Bertz CT molecular complexity index is 567. The monoisotopic (exact) mass is 281 g/mol. The molecule has 0 aliphatic rings. The minimum Gasteiger partial charge on any atom is -0.325 e. The lowest BCUT2D eigenvalue weighted by Crippen LogP contribution is -2.34. The number of nitrogens with two attached hydrogens (primary N) is 1. The van der Waals surface area contributed by atoms with E-state index in [2.05, 4.69) is 10.3 Å². The number of hydrogen-bond acceptors (Lipinski definition) is 5. The summed E-state index contributed by atoms with van der Waals surface area (Å²) in [5.74, 6) is -0.147. The number of benzene rings is 1. The fourth-order valence-corrected chi connectivity index (χ4v) is 3.02. The van der Waals surface area contributed by atoms with Gasteiger partial charge in [-0.1, -0.05) is 18.7 Å². The molecule has 0 spiro atoms. The van der Waals surface area contributed by atoms with Crippen molar-refractivity contribution in [3.63, 3.8) is 0 Å². The number of amides is 1. The molecule has 1 amide bonds. The Balaban J connectivity index is 2.21. The molecule has 1 unspecified atom stereocenters. The zero-order chi connectivity index (χ0) is 13.1. The van der Waals surface area contributed by atoms with Crippen molar-refractivity contribution in [3.8, 4) is 0 Å². The molecule has 0 aliphatic carbocycles. The molecule has 0 saturated carbocycles. The summed E-state index contributed by atoms with van der Waals surface area (Å²) in [6.45, 7) is 1.89. The van der Waals surface area contributed by atoms with Gasteiger partial charge >= 0.3 is 0 Å². The molecule has 18 heavy (non-hydrogen) atoms. The summed E-state index contributed by atoms with van der Waals surface area (Å²) in [6, 6.07) is 5.25. The molecule has 0 radical (unpaired) electrons. The SMILES string of the molecule is CCC(N)C(=O)Nc1ccc2nc(SC)sc2c1. The number of aromatic nitrogens is 1. The summed E-state index contributed by atoms with van der Waals surface area (Å²) < 4.78 is 2.10. The van der Waals surface area contributed by atoms with Crippen molar-refractivity contribution in [1.29, 1.82) is 0 Å². The van der Waals surface area contributed by atoms with E-state index in [4.69, 9.17) is 5.73 Å². The van der Waals surface area contributed by atoms with Crippen LogP contribution in [0.5, 0.6) is 0 Å². The van der Waals surface area contributed by atoms with Crippen molar-refractivity contribution in [2.24, 2.45) is 5.73 Å². The molecular formula is C12H15N3OS2. The fraction of sp³-hybridized carbons (Fsp3) is 0.333. The Labute approximate surface area is 114 Å². The van der Waals surface area contributed by atoms with Crippen molar-refractivity contribution in [2.45, 2.75) is 23.7 Å². The number of carbonyl (C=O) groups excluding carboxylic acids is 1. The first-order chi connectivity index (χ1) is 8.63. The molecule has 2 aromatic rings. The molecule has 0 aliphatic heterocycles. The molecule has 1 heterocycles. The molecule has 6 heteroatoms. The van der Waals surface area contributed by atoms with E-state index in [1.807, 2.05) is 31.4 Å². The highest BCUT2D eigenvalue weighted by Crippen LogP contribution is 2.29. The van der Waals surface area contributed by atoms with Gasteiger partial charge in [-0.05, 0) is 30.9 Å². The standard InChI is InChI=1S/C12H15N3OS2/c1-3-8(13)11(16)14-7-4-5-9-10(6-7)18-12(15-9)17-2/h4-6,8H,3,13H2,1-2H3,(H,14,16). The van der Waals surface area contributed by atoms with Crippen LogP contribution < -0.4 is 11.1 Å². The molecule has 2 rings (SSSR count). The summed E-state index contributed by atoms with van der Waals surface area (Å²) in [5.41, 5.74) is 7.41. The number of thioether (sulfide) groups is 1. The lowest BCUT2D eigenvalue weighted by Gasteiger charge is -2.09. The highest BCUT2D eigenvalue weighted by atomic mass is 32.2. The van der Waals surface area contributed by atoms with E-state index in [1.54, 1.807) is 23.1 Å². The van der Waals surface area contributed by atoms with Crippen molar-refractivity contribution < 1.29 is 4.79 Å². The molecule has 1 aromatic carbocycles. The minimum absolute atomic E-state index is 0.147. The van der Waals surface area contributed by atoms with Crippen LogP contribution in [0.25, 0.3) is 10.2 Å². The zero-order valence-electron chi connectivity index (χ0n) is 10.3. The van der Waals surface area contributed by atoms with Gasteiger partial charge in [0.05, 0.1) is 16.3 Å². The summed E-state index contributed by atoms with van der Waals surface area (Å²) in [7, 11) is 0. The highest BCUT2D eigenvalue weighted by molar-refractivity contribution is 8.00. The Kier molecular flexibility index (Phi) is 4.21. The van der Waals surface area contributed by atoms with E-state index in [9.17, 15) is 4.79 Å². The lowest BCUT2D eigenvalue weighted by molar-refractivity contribution is -0.117. The normalized spacial score (nSPS) is 12.6. The van der Waals surface area contributed by atoms with E-state index >= 15 is 0 Å². The summed E-state index contributed by atoms with van der Waals surface area (Å²) in [6.07, 6.45) is 2.63. The second kappa shape index (κ2) is 5.69. The van der Waals surface area contributed by atoms with Gasteiger partial charge in [-0.2, -0.15) is 0 Å². The maximum atomic E-state index is 11.7. The number of nitrogens with one attached hydrogen (secondary N) is 1. The van der Waals surface area contributed by atoms with E-state index in [1.165, 1.54) is 0 Å². The van der Waals surface area contributed by atoms with Crippen LogP contribution in [0.3, 0.4) is 0 Å². The van der Waals surface area contributed by atoms with Gasteiger partial charge in [-0.25, -0.2) is 4.98 Å². The summed E-state index contributed by atoms with van der Waals surface area (Å²) >= 11 is 3.24. The predicted molar refractivity (Wildman–Crippen MR) is 78.3 cm³/mol. The van der Waals surface area contributed by atoms with E-state index in [-0.39, 0.29) is 5.91 Å². The zero-order valence-corrected chi connectivity index (χ0v) is 11.9. The van der Waals surface area contributed by atoms with Crippen LogP contribution in [-0.4, -0.2) is 23.2 Å².